The molecule has 0 unspecified atom stereocenters. The molecule has 0 aliphatic rings. The SMILES string of the molecule is C=C(C)C(=O)OCCc1cccc(CCOC(=O)C(=C)C)c1. The molecule has 0 heterocycles. The van der Waals surface area contributed by atoms with Crippen molar-refractivity contribution in [1.29, 1.82) is 0 Å². The summed E-state index contributed by atoms with van der Waals surface area (Å²) in [5.41, 5.74) is 2.93. The number of hydrogen-bond acceptors (Lipinski definition) is 4. The van der Waals surface area contributed by atoms with E-state index >= 15 is 0 Å². The summed E-state index contributed by atoms with van der Waals surface area (Å²) in [5, 5.41) is 0. The Labute approximate surface area is 131 Å². The van der Waals surface area contributed by atoms with Crippen LogP contribution in [-0.2, 0) is 31.9 Å². The van der Waals surface area contributed by atoms with Crippen molar-refractivity contribution in [3.63, 3.8) is 0 Å². The summed E-state index contributed by atoms with van der Waals surface area (Å²) < 4.78 is 10.1. The Morgan fingerprint density at radius 1 is 0.909 bits per heavy atom. The zero-order valence-electron chi connectivity index (χ0n) is 13.2. The van der Waals surface area contributed by atoms with Crippen LogP contribution in [0.15, 0.2) is 48.6 Å². The minimum atomic E-state index is -0.372. The Balaban J connectivity index is 2.42. The first-order chi connectivity index (χ1) is 10.4. The highest BCUT2D eigenvalue weighted by Crippen LogP contribution is 2.08. The molecule has 0 aliphatic heterocycles. The van der Waals surface area contributed by atoms with Gasteiger partial charge in [-0.25, -0.2) is 9.59 Å². The third-order valence-electron chi connectivity index (χ3n) is 2.94. The number of ether oxygens (including phenoxy) is 2. The molecule has 4 heteroatoms. The van der Waals surface area contributed by atoms with Crippen molar-refractivity contribution in [1.82, 2.24) is 0 Å². The van der Waals surface area contributed by atoms with Gasteiger partial charge in [0.1, 0.15) is 0 Å². The van der Waals surface area contributed by atoms with Gasteiger partial charge in [0.05, 0.1) is 13.2 Å². The van der Waals surface area contributed by atoms with E-state index in [0.717, 1.165) is 11.1 Å². The lowest BCUT2D eigenvalue weighted by Gasteiger charge is -2.07. The van der Waals surface area contributed by atoms with Crippen LogP contribution in [0.1, 0.15) is 25.0 Å². The van der Waals surface area contributed by atoms with Gasteiger partial charge in [-0.05, 0) is 25.0 Å². The second kappa shape index (κ2) is 8.82. The Morgan fingerprint density at radius 3 is 1.68 bits per heavy atom. The van der Waals surface area contributed by atoms with Gasteiger partial charge in [0, 0.05) is 24.0 Å². The van der Waals surface area contributed by atoms with Gasteiger partial charge in [-0.3, -0.25) is 0 Å². The van der Waals surface area contributed by atoms with Crippen molar-refractivity contribution in [3.8, 4) is 0 Å². The zero-order valence-corrected chi connectivity index (χ0v) is 13.2. The molecule has 0 amide bonds. The van der Waals surface area contributed by atoms with Crippen LogP contribution in [0.2, 0.25) is 0 Å². The molecule has 1 rings (SSSR count). The minimum absolute atomic E-state index is 0.319. The van der Waals surface area contributed by atoms with E-state index in [1.165, 1.54) is 0 Å². The van der Waals surface area contributed by atoms with E-state index in [4.69, 9.17) is 9.47 Å². The quantitative estimate of drug-likeness (QED) is 0.547. The van der Waals surface area contributed by atoms with Gasteiger partial charge in [0.25, 0.3) is 0 Å². The average Bonchev–Trinajstić information content (AvgIpc) is 2.47. The highest BCUT2D eigenvalue weighted by atomic mass is 16.5. The van der Waals surface area contributed by atoms with Crippen molar-refractivity contribution in [3.05, 3.63) is 59.7 Å². The lowest BCUT2D eigenvalue weighted by molar-refractivity contribution is -0.139. The maximum absolute atomic E-state index is 11.3. The molecule has 0 N–H and O–H groups in total. The van der Waals surface area contributed by atoms with Crippen LogP contribution in [-0.4, -0.2) is 25.2 Å². The number of esters is 2. The third-order valence-corrected chi connectivity index (χ3v) is 2.94. The number of hydrogen-bond donors (Lipinski definition) is 0. The normalized spacial score (nSPS) is 9.91. The molecule has 1 aromatic carbocycles. The van der Waals surface area contributed by atoms with Crippen molar-refractivity contribution < 1.29 is 19.1 Å². The molecule has 4 nitrogen and oxygen atoms in total. The van der Waals surface area contributed by atoms with Gasteiger partial charge in [0.15, 0.2) is 0 Å². The predicted molar refractivity (Wildman–Crippen MR) is 85.4 cm³/mol. The fourth-order valence-corrected chi connectivity index (χ4v) is 1.71. The number of rotatable bonds is 8. The van der Waals surface area contributed by atoms with E-state index in [1.54, 1.807) is 13.8 Å². The first kappa shape index (κ1) is 17.7. The van der Waals surface area contributed by atoms with E-state index < -0.39 is 0 Å². The Kier molecular flexibility index (Phi) is 7.09. The number of carbonyl (C=O) groups is 2. The fraction of sp³-hybridized carbons (Fsp3) is 0.333. The molecule has 0 saturated heterocycles. The predicted octanol–water partition coefficient (Wildman–Crippen LogP) is 3.01. The number of carbonyl (C=O) groups excluding carboxylic acids is 2. The summed E-state index contributed by atoms with van der Waals surface area (Å²) >= 11 is 0. The molecule has 0 saturated carbocycles. The molecule has 118 valence electrons. The minimum Gasteiger partial charge on any atom is -0.462 e. The van der Waals surface area contributed by atoms with Crippen molar-refractivity contribution >= 4 is 11.9 Å². The van der Waals surface area contributed by atoms with Crippen LogP contribution in [0.4, 0.5) is 0 Å². The first-order valence-electron chi connectivity index (χ1n) is 7.13. The van der Waals surface area contributed by atoms with Gasteiger partial charge in [-0.15, -0.1) is 0 Å². The molecule has 0 aromatic heterocycles. The summed E-state index contributed by atoms with van der Waals surface area (Å²) in [4.78, 5) is 22.6. The largest absolute Gasteiger partial charge is 0.462 e. The lowest BCUT2D eigenvalue weighted by atomic mass is 10.1. The summed E-state index contributed by atoms with van der Waals surface area (Å²) in [6, 6.07) is 7.89. The van der Waals surface area contributed by atoms with Crippen LogP contribution in [0, 0.1) is 0 Å². The molecule has 0 spiro atoms. The lowest BCUT2D eigenvalue weighted by Crippen LogP contribution is -2.09. The molecule has 0 atom stereocenters. The Bertz CT molecular complexity index is 525. The molecule has 22 heavy (non-hydrogen) atoms. The highest BCUT2D eigenvalue weighted by Gasteiger charge is 2.05. The van der Waals surface area contributed by atoms with Crippen molar-refractivity contribution in [2.75, 3.05) is 13.2 Å². The molecular formula is C18H22O4. The monoisotopic (exact) mass is 302 g/mol. The van der Waals surface area contributed by atoms with Crippen LogP contribution >= 0.6 is 0 Å². The van der Waals surface area contributed by atoms with E-state index in [9.17, 15) is 9.59 Å². The molecule has 0 bridgehead atoms. The van der Waals surface area contributed by atoms with E-state index in [0.29, 0.717) is 37.2 Å². The van der Waals surface area contributed by atoms with E-state index in [2.05, 4.69) is 13.2 Å². The first-order valence-corrected chi connectivity index (χ1v) is 7.13. The maximum Gasteiger partial charge on any atom is 0.333 e. The summed E-state index contributed by atoms with van der Waals surface area (Å²) in [7, 11) is 0. The smallest absolute Gasteiger partial charge is 0.333 e. The Morgan fingerprint density at radius 2 is 1.32 bits per heavy atom. The van der Waals surface area contributed by atoms with Crippen molar-refractivity contribution in [2.24, 2.45) is 0 Å². The van der Waals surface area contributed by atoms with Gasteiger partial charge in [-0.1, -0.05) is 37.4 Å². The maximum atomic E-state index is 11.3. The molecule has 1 aromatic rings. The zero-order chi connectivity index (χ0) is 16.5. The Hall–Kier alpha value is -2.36. The van der Waals surface area contributed by atoms with E-state index in [-0.39, 0.29) is 11.9 Å². The molecule has 0 fully saturated rings. The van der Waals surface area contributed by atoms with Crippen LogP contribution in [0.25, 0.3) is 0 Å². The van der Waals surface area contributed by atoms with Crippen molar-refractivity contribution in [2.45, 2.75) is 26.7 Å². The topological polar surface area (TPSA) is 52.6 Å². The van der Waals surface area contributed by atoms with Crippen LogP contribution < -0.4 is 0 Å². The standard InChI is InChI=1S/C18H22O4/c1-13(2)17(19)21-10-8-15-6-5-7-16(12-15)9-11-22-18(20)14(3)4/h5-7,12H,1,3,8-11H2,2,4H3. The number of benzene rings is 1. The third kappa shape index (κ3) is 6.39. The second-order valence-corrected chi connectivity index (χ2v) is 5.15. The van der Waals surface area contributed by atoms with Crippen LogP contribution in [0.5, 0.6) is 0 Å². The second-order valence-electron chi connectivity index (χ2n) is 5.15. The molecule has 0 aliphatic carbocycles. The molecule has 0 radical (unpaired) electrons. The van der Waals surface area contributed by atoms with Gasteiger partial charge < -0.3 is 9.47 Å². The van der Waals surface area contributed by atoms with Gasteiger partial charge >= 0.3 is 11.9 Å². The fourth-order valence-electron chi connectivity index (χ4n) is 1.71. The average molecular weight is 302 g/mol. The van der Waals surface area contributed by atoms with Gasteiger partial charge in [0.2, 0.25) is 0 Å². The molecular weight excluding hydrogens is 280 g/mol. The summed E-state index contributed by atoms with van der Waals surface area (Å²) in [6.07, 6.45) is 1.27. The van der Waals surface area contributed by atoms with Gasteiger partial charge in [-0.2, -0.15) is 0 Å². The highest BCUT2D eigenvalue weighted by molar-refractivity contribution is 5.87. The summed E-state index contributed by atoms with van der Waals surface area (Å²) in [6.45, 7) is 10.9. The van der Waals surface area contributed by atoms with E-state index in [1.807, 2.05) is 24.3 Å². The summed E-state index contributed by atoms with van der Waals surface area (Å²) in [5.74, 6) is -0.745. The van der Waals surface area contributed by atoms with Crippen LogP contribution in [0.3, 0.4) is 0 Å².